The van der Waals surface area contributed by atoms with Gasteiger partial charge < -0.3 is 14.5 Å². The molecule has 6 heteroatoms. The number of aryl methyl sites for hydroxylation is 1. The highest BCUT2D eigenvalue weighted by Crippen LogP contribution is 2.37. The number of nitrogens with one attached hydrogen (secondary N) is 1. The molecule has 0 aliphatic rings. The Labute approximate surface area is 204 Å². The van der Waals surface area contributed by atoms with Gasteiger partial charge in [-0.1, -0.05) is 48.5 Å². The van der Waals surface area contributed by atoms with E-state index in [-0.39, 0.29) is 5.91 Å². The molecule has 4 aromatic carbocycles. The summed E-state index contributed by atoms with van der Waals surface area (Å²) in [5.41, 5.74) is 3.26. The monoisotopic (exact) mass is 513 g/mol. The van der Waals surface area contributed by atoms with Crippen LogP contribution in [-0.2, 0) is 0 Å². The van der Waals surface area contributed by atoms with E-state index in [4.69, 9.17) is 9.15 Å². The van der Waals surface area contributed by atoms with Crippen LogP contribution < -0.4 is 15.7 Å². The van der Waals surface area contributed by atoms with Crippen molar-refractivity contribution in [2.24, 2.45) is 0 Å². The van der Waals surface area contributed by atoms with E-state index in [9.17, 15) is 9.59 Å². The lowest BCUT2D eigenvalue weighted by molar-refractivity contribution is 0.102. The number of carbonyl (C=O) groups is 1. The summed E-state index contributed by atoms with van der Waals surface area (Å²) in [5.74, 6) is 0.180. The fourth-order valence-electron chi connectivity index (χ4n) is 4.14. The molecular weight excluding hydrogens is 494 g/mol. The van der Waals surface area contributed by atoms with Gasteiger partial charge in [-0.25, -0.2) is 4.79 Å². The van der Waals surface area contributed by atoms with Gasteiger partial charge >= 0.3 is 5.63 Å². The molecule has 1 aromatic heterocycles. The number of hydrogen-bond acceptors (Lipinski definition) is 4. The molecule has 5 aromatic rings. The van der Waals surface area contributed by atoms with Gasteiger partial charge in [0.05, 0.1) is 22.7 Å². The van der Waals surface area contributed by atoms with Crippen LogP contribution in [0.5, 0.6) is 5.75 Å². The van der Waals surface area contributed by atoms with E-state index in [1.807, 2.05) is 73.7 Å². The summed E-state index contributed by atoms with van der Waals surface area (Å²) in [4.78, 5) is 25.8. The Balaban J connectivity index is 1.49. The number of rotatable bonds is 4. The molecule has 0 atom stereocenters. The fourth-order valence-corrected chi connectivity index (χ4v) is 4.88. The van der Waals surface area contributed by atoms with Crippen LogP contribution in [0.25, 0.3) is 32.9 Å². The lowest BCUT2D eigenvalue weighted by Crippen LogP contribution is -2.14. The maximum absolute atomic E-state index is 13.2. The van der Waals surface area contributed by atoms with Crippen LogP contribution in [0.15, 0.2) is 92.5 Å². The third-order valence-corrected chi connectivity index (χ3v) is 6.59. The number of anilines is 1. The van der Waals surface area contributed by atoms with Gasteiger partial charge in [0.25, 0.3) is 5.91 Å². The number of para-hydroxylation sites is 1. The highest BCUT2D eigenvalue weighted by molar-refractivity contribution is 9.10. The normalized spacial score (nSPS) is 11.0. The minimum atomic E-state index is -0.399. The van der Waals surface area contributed by atoms with Gasteiger partial charge in [-0.2, -0.15) is 0 Å². The zero-order chi connectivity index (χ0) is 23.8. The number of halogens is 1. The van der Waals surface area contributed by atoms with E-state index in [0.29, 0.717) is 28.1 Å². The van der Waals surface area contributed by atoms with E-state index >= 15 is 0 Å². The van der Waals surface area contributed by atoms with Gasteiger partial charge in [-0.3, -0.25) is 4.79 Å². The van der Waals surface area contributed by atoms with Crippen LogP contribution in [0, 0.1) is 6.92 Å². The Kier molecular flexibility index (Phi) is 5.67. The van der Waals surface area contributed by atoms with Gasteiger partial charge in [-0.15, -0.1) is 0 Å². The summed E-state index contributed by atoms with van der Waals surface area (Å²) in [5, 5.41) is 5.69. The number of carbonyl (C=O) groups excluding carboxylic acids is 1. The van der Waals surface area contributed by atoms with E-state index in [1.165, 1.54) is 0 Å². The van der Waals surface area contributed by atoms with Crippen molar-refractivity contribution >= 4 is 49.3 Å². The van der Waals surface area contributed by atoms with Crippen molar-refractivity contribution in [1.29, 1.82) is 0 Å². The van der Waals surface area contributed by atoms with Gasteiger partial charge in [0.15, 0.2) is 0 Å². The van der Waals surface area contributed by atoms with Crippen LogP contribution in [0.3, 0.4) is 0 Å². The molecule has 0 bridgehead atoms. The fraction of sp³-hybridized carbons (Fsp3) is 0.0714. The molecule has 5 rings (SSSR count). The van der Waals surface area contributed by atoms with E-state index in [0.717, 1.165) is 31.8 Å². The zero-order valence-electron chi connectivity index (χ0n) is 18.5. The topological polar surface area (TPSA) is 68.5 Å². The van der Waals surface area contributed by atoms with E-state index in [1.54, 1.807) is 19.2 Å². The van der Waals surface area contributed by atoms with Crippen molar-refractivity contribution in [2.75, 3.05) is 12.4 Å². The van der Waals surface area contributed by atoms with Gasteiger partial charge in [0.1, 0.15) is 11.3 Å². The van der Waals surface area contributed by atoms with E-state index < -0.39 is 5.63 Å². The predicted octanol–water partition coefficient (Wildman–Crippen LogP) is 6.95. The van der Waals surface area contributed by atoms with Crippen LogP contribution >= 0.6 is 15.9 Å². The van der Waals surface area contributed by atoms with Gasteiger partial charge in [-0.05, 0) is 75.1 Å². The Morgan fingerprint density at radius 3 is 2.41 bits per heavy atom. The van der Waals surface area contributed by atoms with Crippen molar-refractivity contribution in [3.63, 3.8) is 0 Å². The molecule has 0 radical (unpaired) electrons. The maximum atomic E-state index is 13.2. The second-order valence-electron chi connectivity index (χ2n) is 7.96. The maximum Gasteiger partial charge on any atom is 0.344 e. The minimum absolute atomic E-state index is 0.291. The Morgan fingerprint density at radius 2 is 1.65 bits per heavy atom. The summed E-state index contributed by atoms with van der Waals surface area (Å²) in [6, 6.07) is 24.3. The summed E-state index contributed by atoms with van der Waals surface area (Å²) in [6.07, 6.45) is 0. The van der Waals surface area contributed by atoms with Crippen LogP contribution in [0.4, 0.5) is 5.69 Å². The standard InChI is InChI=1S/C28H20BrNO4/c1-16-13-19(11-12-20(16)22-15-18-8-4-6-10-24(18)34-28(22)32)30-27(31)23-14-17-7-3-5-9-21(17)25(29)26(23)33-2/h3-15H,1-2H3,(H,30,31). The van der Waals surface area contributed by atoms with Crippen LogP contribution in [-0.4, -0.2) is 13.0 Å². The number of amides is 1. The first-order chi connectivity index (χ1) is 16.5. The lowest BCUT2D eigenvalue weighted by atomic mass is 10.00. The summed E-state index contributed by atoms with van der Waals surface area (Å²) in [6.45, 7) is 1.90. The summed E-state index contributed by atoms with van der Waals surface area (Å²) >= 11 is 3.57. The van der Waals surface area contributed by atoms with Crippen molar-refractivity contribution < 1.29 is 13.9 Å². The molecule has 0 spiro atoms. The molecule has 0 fully saturated rings. The summed E-state index contributed by atoms with van der Waals surface area (Å²) < 4.78 is 11.8. The first-order valence-corrected chi connectivity index (χ1v) is 11.5. The van der Waals surface area contributed by atoms with Crippen molar-refractivity contribution in [3.8, 4) is 16.9 Å². The molecule has 1 amide bonds. The van der Waals surface area contributed by atoms with Gasteiger partial charge in [0, 0.05) is 11.1 Å². The molecule has 0 saturated heterocycles. The molecule has 0 aliphatic carbocycles. The Morgan fingerprint density at radius 1 is 0.912 bits per heavy atom. The van der Waals surface area contributed by atoms with Gasteiger partial charge in [0.2, 0.25) is 0 Å². The zero-order valence-corrected chi connectivity index (χ0v) is 20.1. The largest absolute Gasteiger partial charge is 0.495 e. The highest BCUT2D eigenvalue weighted by atomic mass is 79.9. The average Bonchev–Trinajstić information content (AvgIpc) is 2.84. The molecule has 168 valence electrons. The predicted molar refractivity (Wildman–Crippen MR) is 139 cm³/mol. The average molecular weight is 514 g/mol. The van der Waals surface area contributed by atoms with Crippen molar-refractivity contribution in [1.82, 2.24) is 0 Å². The number of fused-ring (bicyclic) bond motifs is 2. The molecular formula is C28H20BrNO4. The molecule has 5 nitrogen and oxygen atoms in total. The highest BCUT2D eigenvalue weighted by Gasteiger charge is 2.19. The third kappa shape index (κ3) is 3.86. The first kappa shape index (κ1) is 21.9. The molecule has 0 saturated carbocycles. The van der Waals surface area contributed by atoms with Crippen LogP contribution in [0.2, 0.25) is 0 Å². The quantitative estimate of drug-likeness (QED) is 0.264. The van der Waals surface area contributed by atoms with Crippen LogP contribution in [0.1, 0.15) is 15.9 Å². The lowest BCUT2D eigenvalue weighted by Gasteiger charge is -2.14. The molecule has 0 aliphatic heterocycles. The summed E-state index contributed by atoms with van der Waals surface area (Å²) in [7, 11) is 1.54. The SMILES string of the molecule is COc1c(C(=O)Nc2ccc(-c3cc4ccccc4oc3=O)c(C)c2)cc2ccccc2c1Br. The first-order valence-electron chi connectivity index (χ1n) is 10.7. The second-order valence-corrected chi connectivity index (χ2v) is 8.75. The molecule has 1 N–H and O–H groups in total. The molecule has 1 heterocycles. The number of benzene rings is 4. The molecule has 34 heavy (non-hydrogen) atoms. The van der Waals surface area contributed by atoms with Crippen molar-refractivity contribution in [3.05, 3.63) is 105 Å². The number of ether oxygens (including phenoxy) is 1. The molecule has 0 unspecified atom stereocenters. The van der Waals surface area contributed by atoms with E-state index in [2.05, 4.69) is 21.2 Å². The number of methoxy groups -OCH3 is 1. The Bertz CT molecular complexity index is 1640. The second kappa shape index (κ2) is 8.80. The third-order valence-electron chi connectivity index (χ3n) is 5.81. The number of hydrogen-bond donors (Lipinski definition) is 1. The smallest absolute Gasteiger partial charge is 0.344 e. The van der Waals surface area contributed by atoms with Crippen molar-refractivity contribution in [2.45, 2.75) is 6.92 Å². The minimum Gasteiger partial charge on any atom is -0.495 e. The Hall–Kier alpha value is -3.90.